The summed E-state index contributed by atoms with van der Waals surface area (Å²) in [5.74, 6) is 1.74. The summed E-state index contributed by atoms with van der Waals surface area (Å²) in [5, 5.41) is 11.8. The maximum Gasteiger partial charge on any atom is 0.119 e. The van der Waals surface area contributed by atoms with E-state index < -0.39 is 6.10 Å². The second-order valence-corrected chi connectivity index (χ2v) is 9.00. The van der Waals surface area contributed by atoms with Crippen LogP contribution in [0.2, 0.25) is 0 Å². The highest BCUT2D eigenvalue weighted by Gasteiger charge is 2.44. The number of thioether (sulfide) groups is 1. The van der Waals surface area contributed by atoms with E-state index in [-0.39, 0.29) is 11.3 Å². The standard InChI is InChI=1S/C25H34O3S/c1-4-6-14-25(5-2)18-29-22-13-12-20(28-16-15-27-3)17-21(22)23(24(25)26)19-10-8-7-9-11-19/h7-13,17,23-24,26H,4-6,14-16,18H2,1-3H3/t23-,24-,25+/m0/s1. The molecule has 29 heavy (non-hydrogen) atoms. The summed E-state index contributed by atoms with van der Waals surface area (Å²) in [6, 6.07) is 16.8. The topological polar surface area (TPSA) is 38.7 Å². The summed E-state index contributed by atoms with van der Waals surface area (Å²) in [5.41, 5.74) is 2.26. The fourth-order valence-corrected chi connectivity index (χ4v) is 5.80. The first kappa shape index (κ1) is 22.2. The number of ether oxygens (including phenoxy) is 2. The number of hydrogen-bond acceptors (Lipinski definition) is 4. The van der Waals surface area contributed by atoms with Gasteiger partial charge in [0.2, 0.25) is 0 Å². The van der Waals surface area contributed by atoms with E-state index in [1.54, 1.807) is 7.11 Å². The van der Waals surface area contributed by atoms with Gasteiger partial charge in [0, 0.05) is 29.1 Å². The highest BCUT2D eigenvalue weighted by Crippen LogP contribution is 2.51. The van der Waals surface area contributed by atoms with Gasteiger partial charge >= 0.3 is 0 Å². The van der Waals surface area contributed by atoms with Gasteiger partial charge in [0.25, 0.3) is 0 Å². The summed E-state index contributed by atoms with van der Waals surface area (Å²) >= 11 is 1.89. The molecule has 0 bridgehead atoms. The number of benzene rings is 2. The van der Waals surface area contributed by atoms with Crippen LogP contribution in [-0.2, 0) is 4.74 Å². The molecule has 0 spiro atoms. The van der Waals surface area contributed by atoms with E-state index in [2.05, 4.69) is 50.2 Å². The Balaban J connectivity index is 2.04. The third kappa shape index (κ3) is 4.99. The lowest BCUT2D eigenvalue weighted by atomic mass is 9.69. The molecule has 0 saturated carbocycles. The molecule has 3 nitrogen and oxygen atoms in total. The fraction of sp³-hybridized carbons (Fsp3) is 0.520. The normalized spacial score (nSPS) is 24.0. The van der Waals surface area contributed by atoms with Gasteiger partial charge in [0.1, 0.15) is 12.4 Å². The molecule has 0 unspecified atom stereocenters. The van der Waals surface area contributed by atoms with Crippen LogP contribution >= 0.6 is 11.8 Å². The van der Waals surface area contributed by atoms with Crippen LogP contribution in [0.15, 0.2) is 53.4 Å². The number of aliphatic hydroxyl groups excluding tert-OH is 1. The Labute approximate surface area is 179 Å². The molecule has 0 amide bonds. The van der Waals surface area contributed by atoms with Gasteiger partial charge in [0.15, 0.2) is 0 Å². The maximum absolute atomic E-state index is 11.8. The first-order valence-electron chi connectivity index (χ1n) is 10.8. The van der Waals surface area contributed by atoms with E-state index in [0.29, 0.717) is 13.2 Å². The molecule has 2 aromatic rings. The van der Waals surface area contributed by atoms with Crippen LogP contribution in [0, 0.1) is 5.41 Å². The van der Waals surface area contributed by atoms with E-state index in [9.17, 15) is 5.11 Å². The Bertz CT molecular complexity index is 764. The molecule has 0 aromatic heterocycles. The molecule has 0 radical (unpaired) electrons. The van der Waals surface area contributed by atoms with E-state index in [1.165, 1.54) is 16.0 Å². The van der Waals surface area contributed by atoms with Crippen LogP contribution in [0.3, 0.4) is 0 Å². The Kier molecular flexibility index (Phi) is 8.05. The van der Waals surface area contributed by atoms with Gasteiger partial charge in [-0.1, -0.05) is 57.0 Å². The lowest BCUT2D eigenvalue weighted by molar-refractivity contribution is 0.0182. The lowest BCUT2D eigenvalue weighted by Crippen LogP contribution is -2.40. The van der Waals surface area contributed by atoms with Crippen molar-refractivity contribution in [1.82, 2.24) is 0 Å². The molecule has 3 atom stereocenters. The molecule has 4 heteroatoms. The second-order valence-electron chi connectivity index (χ2n) is 7.98. The van der Waals surface area contributed by atoms with Crippen molar-refractivity contribution in [3.63, 3.8) is 0 Å². The molecule has 1 aliphatic heterocycles. The van der Waals surface area contributed by atoms with Crippen molar-refractivity contribution in [2.24, 2.45) is 5.41 Å². The summed E-state index contributed by atoms with van der Waals surface area (Å²) in [6.45, 7) is 5.55. The minimum Gasteiger partial charge on any atom is -0.491 e. The van der Waals surface area contributed by atoms with E-state index in [1.807, 2.05) is 23.9 Å². The zero-order valence-electron chi connectivity index (χ0n) is 17.9. The van der Waals surface area contributed by atoms with Crippen molar-refractivity contribution < 1.29 is 14.6 Å². The smallest absolute Gasteiger partial charge is 0.119 e. The van der Waals surface area contributed by atoms with Crippen LogP contribution in [-0.4, -0.2) is 37.3 Å². The SMILES string of the molecule is CCCC[C@]1(CC)CSc2ccc(OCCOC)cc2[C@H](c2ccccc2)[C@@H]1O. The number of fused-ring (bicyclic) bond motifs is 1. The van der Waals surface area contributed by atoms with E-state index in [0.717, 1.165) is 37.2 Å². The fourth-order valence-electron chi connectivity index (χ4n) is 4.32. The molecule has 1 aliphatic rings. The molecule has 1 heterocycles. The quantitative estimate of drug-likeness (QED) is 0.519. The molecule has 0 saturated heterocycles. The zero-order valence-corrected chi connectivity index (χ0v) is 18.7. The van der Waals surface area contributed by atoms with Gasteiger partial charge in [-0.2, -0.15) is 0 Å². The van der Waals surface area contributed by atoms with Gasteiger partial charge in [-0.3, -0.25) is 0 Å². The van der Waals surface area contributed by atoms with Crippen molar-refractivity contribution in [3.05, 3.63) is 59.7 Å². The summed E-state index contributed by atoms with van der Waals surface area (Å²) in [4.78, 5) is 1.25. The average molecular weight is 415 g/mol. The Hall–Kier alpha value is -1.49. The molecular formula is C25H34O3S. The lowest BCUT2D eigenvalue weighted by Gasteiger charge is -2.39. The second kappa shape index (κ2) is 10.5. The molecule has 2 aromatic carbocycles. The largest absolute Gasteiger partial charge is 0.491 e. The van der Waals surface area contributed by atoms with Crippen LogP contribution in [0.4, 0.5) is 0 Å². The number of aliphatic hydroxyl groups is 1. The third-order valence-electron chi connectivity index (χ3n) is 6.22. The predicted octanol–water partition coefficient (Wildman–Crippen LogP) is 5.90. The molecule has 1 N–H and O–H groups in total. The number of methoxy groups -OCH3 is 1. The molecule has 158 valence electrons. The Morgan fingerprint density at radius 2 is 1.90 bits per heavy atom. The van der Waals surface area contributed by atoms with Gasteiger partial charge in [-0.05, 0) is 42.2 Å². The van der Waals surface area contributed by atoms with Crippen molar-refractivity contribution >= 4 is 11.8 Å². The first-order valence-corrected chi connectivity index (χ1v) is 11.7. The van der Waals surface area contributed by atoms with E-state index >= 15 is 0 Å². The Morgan fingerprint density at radius 3 is 2.59 bits per heavy atom. The van der Waals surface area contributed by atoms with E-state index in [4.69, 9.17) is 9.47 Å². The van der Waals surface area contributed by atoms with Crippen molar-refractivity contribution in [1.29, 1.82) is 0 Å². The van der Waals surface area contributed by atoms with Gasteiger partial charge in [-0.25, -0.2) is 0 Å². The predicted molar refractivity (Wildman–Crippen MR) is 121 cm³/mol. The van der Waals surface area contributed by atoms with Crippen LogP contribution in [0.1, 0.15) is 56.6 Å². The van der Waals surface area contributed by atoms with Crippen LogP contribution in [0.5, 0.6) is 5.75 Å². The highest BCUT2D eigenvalue weighted by atomic mass is 32.2. The highest BCUT2D eigenvalue weighted by molar-refractivity contribution is 7.99. The summed E-state index contributed by atoms with van der Waals surface area (Å²) < 4.78 is 11.0. The molecule has 3 rings (SSSR count). The minimum atomic E-state index is -0.426. The Morgan fingerprint density at radius 1 is 1.10 bits per heavy atom. The monoisotopic (exact) mass is 414 g/mol. The number of rotatable bonds is 9. The molecular weight excluding hydrogens is 380 g/mol. The van der Waals surface area contributed by atoms with Crippen molar-refractivity contribution in [2.45, 2.75) is 56.4 Å². The zero-order chi connectivity index (χ0) is 20.7. The van der Waals surface area contributed by atoms with Gasteiger partial charge < -0.3 is 14.6 Å². The molecule has 0 fully saturated rings. The summed E-state index contributed by atoms with van der Waals surface area (Å²) in [6.07, 6.45) is 3.91. The van der Waals surface area contributed by atoms with Crippen LogP contribution < -0.4 is 4.74 Å². The third-order valence-corrected chi connectivity index (χ3v) is 7.62. The number of unbranched alkanes of at least 4 members (excludes halogenated alkanes) is 1. The van der Waals surface area contributed by atoms with Crippen molar-refractivity contribution in [2.75, 3.05) is 26.1 Å². The van der Waals surface area contributed by atoms with Crippen LogP contribution in [0.25, 0.3) is 0 Å². The van der Waals surface area contributed by atoms with Gasteiger partial charge in [-0.15, -0.1) is 11.8 Å². The number of hydrogen-bond donors (Lipinski definition) is 1. The maximum atomic E-state index is 11.8. The molecule has 0 aliphatic carbocycles. The summed E-state index contributed by atoms with van der Waals surface area (Å²) in [7, 11) is 1.68. The first-order chi connectivity index (χ1) is 14.1. The minimum absolute atomic E-state index is 0.0519. The van der Waals surface area contributed by atoms with Gasteiger partial charge in [0.05, 0.1) is 12.7 Å². The van der Waals surface area contributed by atoms with Crippen molar-refractivity contribution in [3.8, 4) is 5.75 Å². The average Bonchev–Trinajstić information content (AvgIpc) is 2.87.